The molecule has 0 unspecified atom stereocenters. The fraction of sp³-hybridized carbons (Fsp3) is 0.688. The van der Waals surface area contributed by atoms with E-state index in [1.54, 1.807) is 13.0 Å². The molecule has 3 rings (SSSR count). The van der Waals surface area contributed by atoms with Crippen molar-refractivity contribution < 1.29 is 9.15 Å². The third-order valence-corrected chi connectivity index (χ3v) is 5.04. The van der Waals surface area contributed by atoms with Gasteiger partial charge in [0.1, 0.15) is 11.4 Å². The van der Waals surface area contributed by atoms with Crippen molar-refractivity contribution in [1.29, 1.82) is 0 Å². The van der Waals surface area contributed by atoms with Gasteiger partial charge in [-0.1, -0.05) is 13.8 Å². The largest absolute Gasteiger partial charge is 0.458 e. The third-order valence-electron chi connectivity index (χ3n) is 5.04. The van der Waals surface area contributed by atoms with Crippen LogP contribution in [0.25, 0.3) is 0 Å². The molecule has 19 heavy (non-hydrogen) atoms. The predicted octanol–water partition coefficient (Wildman–Crippen LogP) is 3.47. The topological polar surface area (TPSA) is 39.4 Å². The molecule has 0 radical (unpaired) electrons. The summed E-state index contributed by atoms with van der Waals surface area (Å²) >= 11 is 0. The van der Waals surface area contributed by atoms with Gasteiger partial charge in [0, 0.05) is 12.0 Å². The first-order valence-corrected chi connectivity index (χ1v) is 7.14. The lowest BCUT2D eigenvalue weighted by Crippen LogP contribution is -2.54. The smallest absolute Gasteiger partial charge is 0.292 e. The molecule has 104 valence electrons. The van der Waals surface area contributed by atoms with Gasteiger partial charge in [0.25, 0.3) is 5.95 Å². The zero-order valence-electron chi connectivity index (χ0n) is 12.2. The minimum absolute atomic E-state index is 0.0576. The number of fused-ring (bicyclic) bond motifs is 2. The molecule has 1 aromatic rings. The number of hydrogen-bond donors (Lipinski definition) is 0. The van der Waals surface area contributed by atoms with E-state index in [0.29, 0.717) is 17.6 Å². The van der Waals surface area contributed by atoms with Crippen LogP contribution in [0.5, 0.6) is 5.95 Å². The van der Waals surface area contributed by atoms with Gasteiger partial charge >= 0.3 is 0 Å². The van der Waals surface area contributed by atoms with Gasteiger partial charge in [0.15, 0.2) is 5.43 Å². The van der Waals surface area contributed by atoms with Crippen LogP contribution in [0.4, 0.5) is 0 Å². The minimum atomic E-state index is -0.196. The first-order chi connectivity index (χ1) is 8.82. The van der Waals surface area contributed by atoms with Gasteiger partial charge in [0.05, 0.1) is 5.56 Å². The third kappa shape index (κ3) is 1.90. The highest BCUT2D eigenvalue weighted by atomic mass is 16.6. The Morgan fingerprint density at radius 3 is 2.74 bits per heavy atom. The van der Waals surface area contributed by atoms with E-state index in [1.165, 1.54) is 12.8 Å². The van der Waals surface area contributed by atoms with E-state index < -0.39 is 0 Å². The van der Waals surface area contributed by atoms with Crippen molar-refractivity contribution in [3.05, 3.63) is 27.6 Å². The average molecular weight is 262 g/mol. The Kier molecular flexibility index (Phi) is 2.60. The van der Waals surface area contributed by atoms with Gasteiger partial charge < -0.3 is 9.15 Å². The molecule has 1 aliphatic heterocycles. The molecule has 0 spiro atoms. The maximum Gasteiger partial charge on any atom is 0.292 e. The zero-order valence-corrected chi connectivity index (χ0v) is 12.2. The molecule has 3 nitrogen and oxygen atoms in total. The Morgan fingerprint density at radius 2 is 2.00 bits per heavy atom. The van der Waals surface area contributed by atoms with Gasteiger partial charge in [-0.15, -0.1) is 0 Å². The molecule has 1 saturated carbocycles. The Hall–Kier alpha value is -1.25. The van der Waals surface area contributed by atoms with Crippen LogP contribution in [0, 0.1) is 18.3 Å². The van der Waals surface area contributed by atoms with Gasteiger partial charge in [-0.3, -0.25) is 4.79 Å². The van der Waals surface area contributed by atoms with Gasteiger partial charge in [-0.25, -0.2) is 0 Å². The van der Waals surface area contributed by atoms with E-state index in [1.807, 2.05) is 0 Å². The second-order valence-electron chi connectivity index (χ2n) is 7.00. The Morgan fingerprint density at radius 1 is 1.26 bits per heavy atom. The van der Waals surface area contributed by atoms with Crippen LogP contribution in [0.2, 0.25) is 0 Å². The molecule has 1 aliphatic carbocycles. The van der Waals surface area contributed by atoms with Crippen molar-refractivity contribution in [1.82, 2.24) is 0 Å². The molecule has 0 amide bonds. The van der Waals surface area contributed by atoms with Crippen LogP contribution in [0.3, 0.4) is 0 Å². The molecule has 2 atom stereocenters. The summed E-state index contributed by atoms with van der Waals surface area (Å²) in [5.74, 6) is 1.47. The van der Waals surface area contributed by atoms with Crippen molar-refractivity contribution in [2.45, 2.75) is 59.0 Å². The summed E-state index contributed by atoms with van der Waals surface area (Å²) in [6, 6.07) is 1.57. The summed E-state index contributed by atoms with van der Waals surface area (Å²) in [6.45, 7) is 8.55. The molecule has 2 aliphatic rings. The number of hydrogen-bond acceptors (Lipinski definition) is 3. The second kappa shape index (κ2) is 3.87. The summed E-state index contributed by atoms with van der Waals surface area (Å²) in [5, 5.41) is 0. The maximum absolute atomic E-state index is 12.1. The van der Waals surface area contributed by atoms with Crippen molar-refractivity contribution in [3.63, 3.8) is 0 Å². The lowest BCUT2D eigenvalue weighted by atomic mass is 9.59. The quantitative estimate of drug-likeness (QED) is 0.718. The fourth-order valence-corrected chi connectivity index (χ4v) is 3.98. The van der Waals surface area contributed by atoms with Crippen LogP contribution in [-0.4, -0.2) is 5.60 Å². The fourth-order valence-electron chi connectivity index (χ4n) is 3.98. The monoisotopic (exact) mass is 262 g/mol. The molecule has 3 heteroatoms. The lowest BCUT2D eigenvalue weighted by molar-refractivity contribution is -0.0955. The first kappa shape index (κ1) is 12.8. The van der Waals surface area contributed by atoms with Crippen molar-refractivity contribution in [2.75, 3.05) is 0 Å². The highest BCUT2D eigenvalue weighted by molar-refractivity contribution is 5.30. The summed E-state index contributed by atoms with van der Waals surface area (Å²) < 4.78 is 11.8. The number of rotatable bonds is 0. The van der Waals surface area contributed by atoms with E-state index >= 15 is 0 Å². The van der Waals surface area contributed by atoms with Crippen LogP contribution in [0.1, 0.15) is 51.4 Å². The molecule has 0 bridgehead atoms. The minimum Gasteiger partial charge on any atom is -0.458 e. The Labute approximate surface area is 114 Å². The molecular weight excluding hydrogens is 240 g/mol. The summed E-state index contributed by atoms with van der Waals surface area (Å²) in [5.41, 5.74) is 0.797. The summed E-state index contributed by atoms with van der Waals surface area (Å²) in [4.78, 5) is 12.1. The van der Waals surface area contributed by atoms with Crippen LogP contribution in [-0.2, 0) is 6.42 Å². The molecule has 0 N–H and O–H groups in total. The number of aryl methyl sites for hydroxylation is 1. The van der Waals surface area contributed by atoms with E-state index in [0.717, 1.165) is 18.4 Å². The van der Waals surface area contributed by atoms with Crippen molar-refractivity contribution in [3.8, 4) is 5.95 Å². The highest BCUT2D eigenvalue weighted by Gasteiger charge is 2.51. The standard InChI is InChI=1S/C16H22O3/c1-10-8-12(17)11-9-13-15(2,3)6-5-7-16(13,4)19-14(11)18-10/h8,13H,5-7,9H2,1-4H3/t13-,16+/m0/s1. The van der Waals surface area contributed by atoms with E-state index in [-0.39, 0.29) is 16.4 Å². The van der Waals surface area contributed by atoms with E-state index in [9.17, 15) is 4.79 Å². The molecule has 0 aromatic carbocycles. The van der Waals surface area contributed by atoms with Crippen LogP contribution >= 0.6 is 0 Å². The normalized spacial score (nSPS) is 32.1. The Balaban J connectivity index is 2.11. The molecule has 1 fully saturated rings. The molecule has 0 saturated heterocycles. The van der Waals surface area contributed by atoms with E-state index in [2.05, 4.69) is 20.8 Å². The van der Waals surface area contributed by atoms with E-state index in [4.69, 9.17) is 9.15 Å². The van der Waals surface area contributed by atoms with Crippen LogP contribution in [0.15, 0.2) is 15.3 Å². The van der Waals surface area contributed by atoms with Crippen LogP contribution < -0.4 is 10.2 Å². The van der Waals surface area contributed by atoms with Crippen molar-refractivity contribution in [2.24, 2.45) is 11.3 Å². The maximum atomic E-state index is 12.1. The highest BCUT2D eigenvalue weighted by Crippen LogP contribution is 2.52. The lowest BCUT2D eigenvalue weighted by Gasteiger charge is -2.52. The molecule has 2 heterocycles. The SMILES string of the molecule is Cc1cc(=O)c2c(o1)O[C@]1(C)CCCC(C)(C)[C@@H]1C2. The molecular formula is C16H22O3. The summed E-state index contributed by atoms with van der Waals surface area (Å²) in [6.07, 6.45) is 4.19. The summed E-state index contributed by atoms with van der Waals surface area (Å²) in [7, 11) is 0. The second-order valence-corrected chi connectivity index (χ2v) is 7.00. The first-order valence-electron chi connectivity index (χ1n) is 7.14. The van der Waals surface area contributed by atoms with Gasteiger partial charge in [0.2, 0.25) is 0 Å². The average Bonchev–Trinajstić information content (AvgIpc) is 2.25. The number of ether oxygens (including phenoxy) is 1. The van der Waals surface area contributed by atoms with Gasteiger partial charge in [-0.05, 0) is 44.9 Å². The molecule has 1 aromatic heterocycles. The van der Waals surface area contributed by atoms with Crippen molar-refractivity contribution >= 4 is 0 Å². The van der Waals surface area contributed by atoms with Gasteiger partial charge in [-0.2, -0.15) is 0 Å². The Bertz CT molecular complexity index is 570. The zero-order chi connectivity index (χ0) is 13.8. The predicted molar refractivity (Wildman–Crippen MR) is 73.6 cm³/mol.